The molecular formula is C6H7ClO. The first-order valence-electron chi connectivity index (χ1n) is 2.65. The molecule has 0 unspecified atom stereocenters. The summed E-state index contributed by atoms with van der Waals surface area (Å²) in [6.45, 7) is 0. The van der Waals surface area contributed by atoms with Gasteiger partial charge in [-0.1, -0.05) is 11.6 Å². The maximum absolute atomic E-state index is 10.6. The minimum Gasteiger partial charge on any atom is -0.295 e. The van der Waals surface area contributed by atoms with Crippen molar-refractivity contribution in [2.75, 3.05) is 0 Å². The second-order valence-electron chi connectivity index (χ2n) is 1.97. The van der Waals surface area contributed by atoms with Crippen LogP contribution < -0.4 is 0 Å². The zero-order valence-corrected chi connectivity index (χ0v) is 5.19. The first-order chi connectivity index (χ1) is 3.84. The number of carbonyl (C=O) groups is 1. The predicted molar refractivity (Wildman–Crippen MR) is 32.7 cm³/mol. The Morgan fingerprint density at radius 1 is 1.62 bits per heavy atom. The second-order valence-corrected chi connectivity index (χ2v) is 2.22. The number of rotatable bonds is 2. The number of carbonyl (C=O) groups excluding carboxylic acids is 1. The summed E-state index contributed by atoms with van der Waals surface area (Å²) in [5, 5.41) is 0. The van der Waals surface area contributed by atoms with Gasteiger partial charge in [-0.25, -0.2) is 0 Å². The van der Waals surface area contributed by atoms with Gasteiger partial charge in [-0.15, -0.1) is 0 Å². The van der Waals surface area contributed by atoms with Crippen molar-refractivity contribution in [2.45, 2.75) is 12.8 Å². The van der Waals surface area contributed by atoms with Crippen LogP contribution in [0.4, 0.5) is 0 Å². The molecule has 0 spiro atoms. The fourth-order valence-electron chi connectivity index (χ4n) is 0.566. The third kappa shape index (κ3) is 1.34. The van der Waals surface area contributed by atoms with E-state index < -0.39 is 0 Å². The molecule has 1 aliphatic carbocycles. The van der Waals surface area contributed by atoms with Crippen LogP contribution in [0, 0.1) is 5.92 Å². The van der Waals surface area contributed by atoms with Crippen molar-refractivity contribution in [1.29, 1.82) is 0 Å². The standard InChI is InChI=1S/C6H7ClO/c7-4-3-6(8)5-1-2-5/h3-5H,1-2H2. The molecule has 0 radical (unpaired) electrons. The summed E-state index contributed by atoms with van der Waals surface area (Å²) in [4.78, 5) is 10.6. The fourth-order valence-corrected chi connectivity index (χ4v) is 0.690. The van der Waals surface area contributed by atoms with E-state index in [2.05, 4.69) is 0 Å². The van der Waals surface area contributed by atoms with Crippen LogP contribution in [-0.4, -0.2) is 5.78 Å². The van der Waals surface area contributed by atoms with Crippen LogP contribution in [0.2, 0.25) is 0 Å². The van der Waals surface area contributed by atoms with Crippen LogP contribution >= 0.6 is 11.6 Å². The van der Waals surface area contributed by atoms with E-state index in [0.717, 1.165) is 12.8 Å². The SMILES string of the molecule is O=C(C=CCl)C1CC1. The van der Waals surface area contributed by atoms with Gasteiger partial charge in [0.15, 0.2) is 5.78 Å². The number of hydrogen-bond donors (Lipinski definition) is 0. The van der Waals surface area contributed by atoms with Crippen molar-refractivity contribution in [3.63, 3.8) is 0 Å². The first kappa shape index (κ1) is 5.83. The van der Waals surface area contributed by atoms with Crippen molar-refractivity contribution >= 4 is 17.4 Å². The molecule has 2 heteroatoms. The highest BCUT2D eigenvalue weighted by Gasteiger charge is 2.27. The van der Waals surface area contributed by atoms with Gasteiger partial charge in [-0.2, -0.15) is 0 Å². The zero-order valence-electron chi connectivity index (χ0n) is 4.43. The molecule has 1 aliphatic rings. The van der Waals surface area contributed by atoms with E-state index in [0.29, 0.717) is 5.92 Å². The summed E-state index contributed by atoms with van der Waals surface area (Å²) >= 11 is 5.17. The second kappa shape index (κ2) is 2.31. The quantitative estimate of drug-likeness (QED) is 0.521. The van der Waals surface area contributed by atoms with Crippen LogP contribution in [0.1, 0.15) is 12.8 Å². The first-order valence-corrected chi connectivity index (χ1v) is 3.09. The molecule has 0 aliphatic heterocycles. The summed E-state index contributed by atoms with van der Waals surface area (Å²) in [6.07, 6.45) is 3.54. The molecule has 44 valence electrons. The van der Waals surface area contributed by atoms with Gasteiger partial charge in [-0.05, 0) is 18.9 Å². The Kier molecular flexibility index (Phi) is 1.69. The summed E-state index contributed by atoms with van der Waals surface area (Å²) in [5.41, 5.74) is 1.28. The van der Waals surface area contributed by atoms with E-state index >= 15 is 0 Å². The van der Waals surface area contributed by atoms with Gasteiger partial charge in [0, 0.05) is 11.5 Å². The molecular weight excluding hydrogens is 124 g/mol. The van der Waals surface area contributed by atoms with E-state index in [-0.39, 0.29) is 5.78 Å². The molecule has 0 aromatic carbocycles. The monoisotopic (exact) mass is 130 g/mol. The van der Waals surface area contributed by atoms with Gasteiger partial charge in [0.1, 0.15) is 0 Å². The largest absolute Gasteiger partial charge is 0.295 e. The van der Waals surface area contributed by atoms with E-state index in [1.54, 1.807) is 0 Å². The van der Waals surface area contributed by atoms with Crippen molar-refractivity contribution < 1.29 is 4.79 Å². The number of hydrogen-bond acceptors (Lipinski definition) is 1. The Bertz CT molecular complexity index is 124. The van der Waals surface area contributed by atoms with Crippen molar-refractivity contribution in [1.82, 2.24) is 0 Å². The Balaban J connectivity index is 2.33. The predicted octanol–water partition coefficient (Wildman–Crippen LogP) is 1.72. The molecule has 1 saturated carbocycles. The van der Waals surface area contributed by atoms with Crippen molar-refractivity contribution in [3.05, 3.63) is 11.6 Å². The Morgan fingerprint density at radius 3 is 2.62 bits per heavy atom. The average Bonchev–Trinajstić information content (AvgIpc) is 2.45. The molecule has 1 nitrogen and oxygen atoms in total. The van der Waals surface area contributed by atoms with Gasteiger partial charge in [0.25, 0.3) is 0 Å². The highest BCUT2D eigenvalue weighted by Crippen LogP contribution is 2.29. The molecule has 0 bridgehead atoms. The molecule has 1 fully saturated rings. The maximum atomic E-state index is 10.6. The van der Waals surface area contributed by atoms with Gasteiger partial charge in [0.2, 0.25) is 0 Å². The lowest BCUT2D eigenvalue weighted by molar-refractivity contribution is -0.115. The molecule has 1 rings (SSSR count). The maximum Gasteiger partial charge on any atom is 0.159 e. The smallest absolute Gasteiger partial charge is 0.159 e. The fraction of sp³-hybridized carbons (Fsp3) is 0.500. The molecule has 0 aromatic heterocycles. The molecule has 0 heterocycles. The summed E-state index contributed by atoms with van der Waals surface area (Å²) in [5.74, 6) is 0.491. The normalized spacial score (nSPS) is 19.6. The van der Waals surface area contributed by atoms with Crippen LogP contribution in [0.5, 0.6) is 0 Å². The van der Waals surface area contributed by atoms with Crippen LogP contribution in [-0.2, 0) is 4.79 Å². The van der Waals surface area contributed by atoms with E-state index in [9.17, 15) is 4.79 Å². The lowest BCUT2D eigenvalue weighted by Gasteiger charge is -1.80. The number of ketones is 1. The third-order valence-corrected chi connectivity index (χ3v) is 1.33. The van der Waals surface area contributed by atoms with Crippen molar-refractivity contribution in [2.24, 2.45) is 5.92 Å². The summed E-state index contributed by atoms with van der Waals surface area (Å²) in [6, 6.07) is 0. The molecule has 0 N–H and O–H groups in total. The molecule has 0 saturated heterocycles. The summed E-state index contributed by atoms with van der Waals surface area (Å²) < 4.78 is 0. The highest BCUT2D eigenvalue weighted by molar-refractivity contribution is 6.26. The van der Waals surface area contributed by atoms with Gasteiger partial charge in [-0.3, -0.25) is 4.79 Å². The van der Waals surface area contributed by atoms with Gasteiger partial charge >= 0.3 is 0 Å². The molecule has 0 amide bonds. The number of allylic oxidation sites excluding steroid dienone is 1. The lowest BCUT2D eigenvalue weighted by Crippen LogP contribution is -1.92. The third-order valence-electron chi connectivity index (χ3n) is 1.21. The van der Waals surface area contributed by atoms with Crippen LogP contribution in [0.25, 0.3) is 0 Å². The molecule has 8 heavy (non-hydrogen) atoms. The van der Waals surface area contributed by atoms with Crippen LogP contribution in [0.3, 0.4) is 0 Å². The molecule has 0 atom stereocenters. The topological polar surface area (TPSA) is 17.1 Å². The number of halogens is 1. The minimum atomic E-state index is 0.181. The molecule has 0 aromatic rings. The van der Waals surface area contributed by atoms with E-state index in [1.165, 1.54) is 11.6 Å². The minimum absolute atomic E-state index is 0.181. The van der Waals surface area contributed by atoms with Gasteiger partial charge in [0.05, 0.1) is 0 Å². The summed E-state index contributed by atoms with van der Waals surface area (Å²) in [7, 11) is 0. The van der Waals surface area contributed by atoms with Crippen molar-refractivity contribution in [3.8, 4) is 0 Å². The van der Waals surface area contributed by atoms with E-state index in [4.69, 9.17) is 11.6 Å². The van der Waals surface area contributed by atoms with Crippen LogP contribution in [0.15, 0.2) is 11.6 Å². The van der Waals surface area contributed by atoms with E-state index in [1.807, 2.05) is 0 Å². The average molecular weight is 131 g/mol. The zero-order chi connectivity index (χ0) is 5.98. The Labute approximate surface area is 53.3 Å². The lowest BCUT2D eigenvalue weighted by atomic mass is 10.3. The Hall–Kier alpha value is -0.300. The Morgan fingerprint density at radius 2 is 2.25 bits per heavy atom. The highest BCUT2D eigenvalue weighted by atomic mass is 35.5. The van der Waals surface area contributed by atoms with Gasteiger partial charge < -0.3 is 0 Å².